The number of hydrogen-bond acceptors (Lipinski definition) is 7. The van der Waals surface area contributed by atoms with Crippen LogP contribution < -0.4 is 5.56 Å². The number of aliphatic hydroxyl groups is 1. The van der Waals surface area contributed by atoms with Gasteiger partial charge in [0, 0.05) is 0 Å². The number of nitrogens with zero attached hydrogens (tertiary/aromatic N) is 5. The van der Waals surface area contributed by atoms with Crippen molar-refractivity contribution >= 4 is 10.9 Å². The van der Waals surface area contributed by atoms with Crippen LogP contribution in [0.2, 0.25) is 0 Å². The van der Waals surface area contributed by atoms with Gasteiger partial charge in [-0.25, -0.2) is 4.98 Å². The van der Waals surface area contributed by atoms with E-state index < -0.39 is 0 Å². The number of fused-ring (bicyclic) bond motifs is 1. The van der Waals surface area contributed by atoms with E-state index in [9.17, 15) is 9.90 Å². The lowest BCUT2D eigenvalue weighted by molar-refractivity contribution is 0.216. The fourth-order valence-corrected chi connectivity index (χ4v) is 3.51. The van der Waals surface area contributed by atoms with E-state index in [4.69, 9.17) is 9.51 Å². The molecule has 1 aliphatic rings. The molecule has 1 saturated heterocycles. The van der Waals surface area contributed by atoms with Crippen LogP contribution in [-0.2, 0) is 13.1 Å². The van der Waals surface area contributed by atoms with Crippen molar-refractivity contribution in [1.82, 2.24) is 24.6 Å². The van der Waals surface area contributed by atoms with Gasteiger partial charge in [-0.3, -0.25) is 14.3 Å². The Bertz CT molecular complexity index is 922. The topological polar surface area (TPSA) is 97.3 Å². The van der Waals surface area contributed by atoms with Gasteiger partial charge in [0.1, 0.15) is 5.82 Å². The Hall–Kier alpha value is -2.58. The van der Waals surface area contributed by atoms with Gasteiger partial charge in [0.2, 0.25) is 6.39 Å². The molecule has 1 N–H and O–H groups in total. The summed E-state index contributed by atoms with van der Waals surface area (Å²) >= 11 is 0. The summed E-state index contributed by atoms with van der Waals surface area (Å²) in [5.41, 5.74) is 0.573. The second-order valence-corrected chi connectivity index (χ2v) is 6.14. The molecular formula is C17H19N5O3. The third-order valence-corrected chi connectivity index (χ3v) is 4.63. The first-order valence-corrected chi connectivity index (χ1v) is 8.37. The van der Waals surface area contributed by atoms with Gasteiger partial charge in [-0.15, -0.1) is 0 Å². The summed E-state index contributed by atoms with van der Waals surface area (Å²) in [6, 6.07) is 7.31. The fourth-order valence-electron chi connectivity index (χ4n) is 3.51. The highest BCUT2D eigenvalue weighted by molar-refractivity contribution is 5.77. The molecule has 0 aliphatic carbocycles. The van der Waals surface area contributed by atoms with Gasteiger partial charge in [-0.1, -0.05) is 17.3 Å². The first-order valence-electron chi connectivity index (χ1n) is 8.37. The van der Waals surface area contributed by atoms with Crippen LogP contribution in [0.1, 0.15) is 30.5 Å². The molecule has 1 fully saturated rings. The number of rotatable bonds is 5. The number of aromatic nitrogens is 4. The minimum Gasteiger partial charge on any atom is -0.395 e. The van der Waals surface area contributed by atoms with E-state index in [1.54, 1.807) is 10.6 Å². The smallest absolute Gasteiger partial charge is 0.261 e. The third kappa shape index (κ3) is 2.94. The maximum Gasteiger partial charge on any atom is 0.261 e. The predicted molar refractivity (Wildman–Crippen MR) is 89.8 cm³/mol. The Labute approximate surface area is 143 Å². The van der Waals surface area contributed by atoms with Crippen molar-refractivity contribution in [2.45, 2.75) is 32.0 Å². The lowest BCUT2D eigenvalue weighted by atomic mass is 10.1. The number of aliphatic hydroxyl groups excluding tert-OH is 1. The number of benzene rings is 1. The SMILES string of the molecule is O=c1c2ccccc2nc(C2CCCN2Cc2ncon2)n1CCO. The van der Waals surface area contributed by atoms with Gasteiger partial charge in [-0.05, 0) is 31.5 Å². The Morgan fingerprint density at radius 2 is 2.20 bits per heavy atom. The first-order chi connectivity index (χ1) is 12.3. The van der Waals surface area contributed by atoms with Gasteiger partial charge in [0.25, 0.3) is 5.56 Å². The second-order valence-electron chi connectivity index (χ2n) is 6.14. The van der Waals surface area contributed by atoms with Crippen molar-refractivity contribution in [1.29, 1.82) is 0 Å². The normalized spacial score (nSPS) is 18.2. The number of para-hydroxylation sites is 1. The highest BCUT2D eigenvalue weighted by Gasteiger charge is 2.31. The van der Waals surface area contributed by atoms with E-state index in [1.807, 2.05) is 18.2 Å². The van der Waals surface area contributed by atoms with Crippen molar-refractivity contribution in [2.24, 2.45) is 0 Å². The van der Waals surface area contributed by atoms with Crippen LogP contribution in [0.5, 0.6) is 0 Å². The van der Waals surface area contributed by atoms with Gasteiger partial charge in [0.05, 0.1) is 36.6 Å². The molecule has 4 rings (SSSR count). The summed E-state index contributed by atoms with van der Waals surface area (Å²) < 4.78 is 6.41. The summed E-state index contributed by atoms with van der Waals surface area (Å²) in [5, 5.41) is 13.9. The Morgan fingerprint density at radius 1 is 1.32 bits per heavy atom. The molecule has 130 valence electrons. The number of hydrogen-bond donors (Lipinski definition) is 1. The van der Waals surface area contributed by atoms with Crippen LogP contribution in [0.15, 0.2) is 40.0 Å². The van der Waals surface area contributed by atoms with Crippen molar-refractivity contribution in [2.75, 3.05) is 13.2 Å². The zero-order valence-electron chi connectivity index (χ0n) is 13.7. The van der Waals surface area contributed by atoms with Gasteiger partial charge in [0.15, 0.2) is 5.82 Å². The molecular weight excluding hydrogens is 322 g/mol. The lowest BCUT2D eigenvalue weighted by Gasteiger charge is -2.25. The molecule has 1 aromatic carbocycles. The summed E-state index contributed by atoms with van der Waals surface area (Å²) in [5.74, 6) is 1.31. The van der Waals surface area contributed by atoms with Gasteiger partial charge >= 0.3 is 0 Å². The molecule has 1 unspecified atom stereocenters. The minimum absolute atomic E-state index is 0.0117. The summed E-state index contributed by atoms with van der Waals surface area (Å²) in [4.78, 5) is 23.9. The largest absolute Gasteiger partial charge is 0.395 e. The maximum atomic E-state index is 12.9. The molecule has 1 atom stereocenters. The van der Waals surface area contributed by atoms with Crippen LogP contribution in [-0.4, -0.2) is 42.8 Å². The van der Waals surface area contributed by atoms with Crippen LogP contribution in [0.4, 0.5) is 0 Å². The second kappa shape index (κ2) is 6.73. The Morgan fingerprint density at radius 3 is 3.00 bits per heavy atom. The van der Waals surface area contributed by atoms with E-state index in [1.165, 1.54) is 6.39 Å². The van der Waals surface area contributed by atoms with E-state index in [2.05, 4.69) is 15.0 Å². The van der Waals surface area contributed by atoms with Gasteiger partial charge < -0.3 is 9.63 Å². The van der Waals surface area contributed by atoms with Crippen molar-refractivity contribution in [3.8, 4) is 0 Å². The molecule has 3 aromatic rings. The van der Waals surface area contributed by atoms with E-state index in [-0.39, 0.29) is 24.8 Å². The van der Waals surface area contributed by atoms with E-state index >= 15 is 0 Å². The Balaban J connectivity index is 1.78. The Kier molecular flexibility index (Phi) is 4.29. The molecule has 0 spiro atoms. The zero-order chi connectivity index (χ0) is 17.2. The van der Waals surface area contributed by atoms with Crippen molar-refractivity contribution in [3.05, 3.63) is 52.7 Å². The van der Waals surface area contributed by atoms with Crippen molar-refractivity contribution in [3.63, 3.8) is 0 Å². The van der Waals surface area contributed by atoms with Gasteiger partial charge in [-0.2, -0.15) is 4.98 Å². The van der Waals surface area contributed by atoms with E-state index in [0.717, 1.165) is 19.4 Å². The number of likely N-dealkylation sites (tertiary alicyclic amines) is 1. The highest BCUT2D eigenvalue weighted by atomic mass is 16.5. The molecule has 0 saturated carbocycles. The molecule has 1 aliphatic heterocycles. The maximum absolute atomic E-state index is 12.9. The van der Waals surface area contributed by atoms with Crippen LogP contribution in [0.3, 0.4) is 0 Å². The fraction of sp³-hybridized carbons (Fsp3) is 0.412. The molecule has 2 aromatic heterocycles. The minimum atomic E-state index is -0.110. The average molecular weight is 341 g/mol. The molecule has 25 heavy (non-hydrogen) atoms. The summed E-state index contributed by atoms with van der Waals surface area (Å²) in [6.07, 6.45) is 3.22. The molecule has 0 amide bonds. The molecule has 0 bridgehead atoms. The summed E-state index contributed by atoms with van der Waals surface area (Å²) in [7, 11) is 0. The molecule has 0 radical (unpaired) electrons. The quantitative estimate of drug-likeness (QED) is 0.742. The summed E-state index contributed by atoms with van der Waals surface area (Å²) in [6.45, 7) is 1.55. The molecule has 3 heterocycles. The van der Waals surface area contributed by atoms with E-state index in [0.29, 0.717) is 29.1 Å². The van der Waals surface area contributed by atoms with Crippen molar-refractivity contribution < 1.29 is 9.63 Å². The highest BCUT2D eigenvalue weighted by Crippen LogP contribution is 2.32. The predicted octanol–water partition coefficient (Wildman–Crippen LogP) is 1.11. The average Bonchev–Trinajstić information content (AvgIpc) is 3.30. The lowest BCUT2D eigenvalue weighted by Crippen LogP contribution is -2.33. The standard InChI is InChI=1S/C17H19N5O3/c23-9-8-22-16(19-13-5-2-1-4-12(13)17(22)24)14-6-3-7-21(14)10-15-18-11-25-20-15/h1-2,4-5,11,14,23H,3,6-10H2. The van der Waals surface area contributed by atoms with Crippen LogP contribution >= 0.6 is 0 Å². The third-order valence-electron chi connectivity index (χ3n) is 4.63. The van der Waals surface area contributed by atoms with Crippen LogP contribution in [0.25, 0.3) is 10.9 Å². The first kappa shape index (κ1) is 15.9. The molecule has 8 nitrogen and oxygen atoms in total. The molecule has 8 heteroatoms. The monoisotopic (exact) mass is 341 g/mol. The van der Waals surface area contributed by atoms with Crippen LogP contribution in [0, 0.1) is 0 Å². The zero-order valence-corrected chi connectivity index (χ0v) is 13.7.